The van der Waals surface area contributed by atoms with Crippen LogP contribution in [0.15, 0.2) is 48.7 Å². The SMILES string of the molecule is CCN1CC(n2cc3cc([C@@H]4c5[nH]c6ccccc6c5C[C@@H](C)N4CC(F)(F)CO)ccc3n2)C1. The Morgan fingerprint density at radius 3 is 2.74 bits per heavy atom. The lowest BCUT2D eigenvalue weighted by molar-refractivity contribution is -0.0864. The summed E-state index contributed by atoms with van der Waals surface area (Å²) in [6.07, 6.45) is 2.76. The Kier molecular flexibility index (Phi) is 5.43. The zero-order valence-corrected chi connectivity index (χ0v) is 20.1. The monoisotopic (exact) mass is 479 g/mol. The molecule has 0 aliphatic carbocycles. The number of aromatic amines is 1. The molecule has 4 aromatic rings. The van der Waals surface area contributed by atoms with Crippen molar-refractivity contribution in [2.75, 3.05) is 32.8 Å². The summed E-state index contributed by atoms with van der Waals surface area (Å²) < 4.78 is 31.1. The smallest absolute Gasteiger partial charge is 0.283 e. The van der Waals surface area contributed by atoms with E-state index in [1.54, 1.807) is 0 Å². The van der Waals surface area contributed by atoms with E-state index in [4.69, 9.17) is 5.10 Å². The van der Waals surface area contributed by atoms with Crippen LogP contribution in [0.1, 0.15) is 42.8 Å². The number of aliphatic hydroxyl groups excluding tert-OH is 1. The van der Waals surface area contributed by atoms with E-state index in [0.717, 1.165) is 52.7 Å². The predicted molar refractivity (Wildman–Crippen MR) is 133 cm³/mol. The van der Waals surface area contributed by atoms with Gasteiger partial charge in [-0.15, -0.1) is 0 Å². The van der Waals surface area contributed by atoms with Gasteiger partial charge in [0.25, 0.3) is 5.92 Å². The van der Waals surface area contributed by atoms with Gasteiger partial charge >= 0.3 is 0 Å². The van der Waals surface area contributed by atoms with Crippen LogP contribution in [0, 0.1) is 0 Å². The summed E-state index contributed by atoms with van der Waals surface area (Å²) in [6, 6.07) is 14.1. The number of benzene rings is 2. The van der Waals surface area contributed by atoms with Crippen molar-refractivity contribution in [2.45, 2.75) is 44.3 Å². The topological polar surface area (TPSA) is 60.3 Å². The highest BCUT2D eigenvalue weighted by Gasteiger charge is 2.41. The number of alkyl halides is 2. The largest absolute Gasteiger partial charge is 0.390 e. The standard InChI is InChI=1S/C27H31F2N5O/c1-3-32-13-20(14-32)34-12-19-11-18(8-9-23(19)31-34)26-25-22(21-6-4-5-7-24(21)30-25)10-17(2)33(26)15-27(28,29)16-35/h4-9,11-12,17,20,26,30,35H,3,10,13-16H2,1-2H3/t17-,26-/m1/s1. The van der Waals surface area contributed by atoms with Crippen LogP contribution < -0.4 is 0 Å². The van der Waals surface area contributed by atoms with Gasteiger partial charge in [0.05, 0.1) is 24.1 Å². The average molecular weight is 480 g/mol. The lowest BCUT2D eigenvalue weighted by Gasteiger charge is -2.42. The number of nitrogens with one attached hydrogen (secondary N) is 1. The second kappa shape index (κ2) is 8.40. The van der Waals surface area contributed by atoms with Crippen molar-refractivity contribution >= 4 is 21.8 Å². The number of rotatable bonds is 6. The minimum Gasteiger partial charge on any atom is -0.390 e. The first kappa shape index (κ1) is 22.6. The first-order valence-corrected chi connectivity index (χ1v) is 12.4. The number of hydrogen-bond donors (Lipinski definition) is 2. The molecule has 1 fully saturated rings. The van der Waals surface area contributed by atoms with E-state index in [1.165, 1.54) is 5.56 Å². The van der Waals surface area contributed by atoms with Crippen LogP contribution >= 0.6 is 0 Å². The maximum atomic E-state index is 14.5. The Bertz CT molecular complexity index is 1370. The molecule has 8 heteroatoms. The van der Waals surface area contributed by atoms with E-state index in [-0.39, 0.29) is 12.1 Å². The van der Waals surface area contributed by atoms with Gasteiger partial charge < -0.3 is 10.1 Å². The van der Waals surface area contributed by atoms with Crippen molar-refractivity contribution in [3.8, 4) is 0 Å². The molecule has 2 aliphatic heterocycles. The fourth-order valence-corrected chi connectivity index (χ4v) is 5.82. The molecule has 2 atom stereocenters. The van der Waals surface area contributed by atoms with Crippen molar-refractivity contribution in [1.82, 2.24) is 24.6 Å². The van der Waals surface area contributed by atoms with Crippen molar-refractivity contribution in [2.24, 2.45) is 0 Å². The number of para-hydroxylation sites is 1. The van der Waals surface area contributed by atoms with Crippen LogP contribution in [-0.2, 0) is 6.42 Å². The summed E-state index contributed by atoms with van der Waals surface area (Å²) >= 11 is 0. The second-order valence-corrected chi connectivity index (χ2v) is 10.1. The molecule has 1 saturated heterocycles. The molecule has 0 saturated carbocycles. The maximum Gasteiger partial charge on any atom is 0.283 e. The molecule has 2 N–H and O–H groups in total. The maximum absolute atomic E-state index is 14.5. The van der Waals surface area contributed by atoms with Crippen LogP contribution in [0.5, 0.6) is 0 Å². The third-order valence-electron chi connectivity index (χ3n) is 7.78. The second-order valence-electron chi connectivity index (χ2n) is 10.1. The van der Waals surface area contributed by atoms with E-state index < -0.39 is 19.1 Å². The van der Waals surface area contributed by atoms with Crippen LogP contribution in [-0.4, -0.2) is 74.4 Å². The minimum atomic E-state index is -3.18. The van der Waals surface area contributed by atoms with Gasteiger partial charge in [0.1, 0.15) is 6.61 Å². The molecule has 6 nitrogen and oxygen atoms in total. The van der Waals surface area contributed by atoms with Gasteiger partial charge in [0.15, 0.2) is 0 Å². The van der Waals surface area contributed by atoms with Gasteiger partial charge in [-0.1, -0.05) is 31.2 Å². The molecule has 2 aromatic carbocycles. The number of likely N-dealkylation sites (N-methyl/N-ethyl adjacent to an activating group) is 1. The van der Waals surface area contributed by atoms with Crippen molar-refractivity contribution < 1.29 is 13.9 Å². The number of aromatic nitrogens is 3. The number of H-pyrrole nitrogens is 1. The minimum absolute atomic E-state index is 0.113. The molecule has 0 spiro atoms. The van der Waals surface area contributed by atoms with Crippen LogP contribution in [0.3, 0.4) is 0 Å². The highest BCUT2D eigenvalue weighted by Crippen LogP contribution is 2.42. The fraction of sp³-hybridized carbons (Fsp3) is 0.444. The molecule has 184 valence electrons. The molecular formula is C27H31F2N5O. The molecule has 2 aromatic heterocycles. The molecule has 0 amide bonds. The lowest BCUT2D eigenvalue weighted by Crippen LogP contribution is -2.49. The Morgan fingerprint density at radius 2 is 1.97 bits per heavy atom. The van der Waals surface area contributed by atoms with Gasteiger partial charge in [0, 0.05) is 47.3 Å². The molecule has 6 rings (SSSR count). The zero-order valence-electron chi connectivity index (χ0n) is 20.1. The van der Waals surface area contributed by atoms with Gasteiger partial charge in [-0.3, -0.25) is 14.5 Å². The van der Waals surface area contributed by atoms with Crippen molar-refractivity contribution in [3.63, 3.8) is 0 Å². The first-order chi connectivity index (χ1) is 16.9. The van der Waals surface area contributed by atoms with Gasteiger partial charge in [0.2, 0.25) is 0 Å². The summed E-state index contributed by atoms with van der Waals surface area (Å²) in [4.78, 5) is 7.76. The molecule has 35 heavy (non-hydrogen) atoms. The Labute approximate surface area is 203 Å². The molecule has 4 heterocycles. The summed E-state index contributed by atoms with van der Waals surface area (Å²) in [5.74, 6) is -3.18. The van der Waals surface area contributed by atoms with Crippen LogP contribution in [0.2, 0.25) is 0 Å². The van der Waals surface area contributed by atoms with E-state index in [1.807, 2.05) is 42.2 Å². The normalized spacial score (nSPS) is 22.1. The third kappa shape index (κ3) is 3.84. The van der Waals surface area contributed by atoms with Crippen molar-refractivity contribution in [1.29, 1.82) is 0 Å². The van der Waals surface area contributed by atoms with Gasteiger partial charge in [-0.05, 0) is 49.2 Å². The Morgan fingerprint density at radius 1 is 1.17 bits per heavy atom. The van der Waals surface area contributed by atoms with E-state index in [2.05, 4.69) is 39.8 Å². The van der Waals surface area contributed by atoms with E-state index in [0.29, 0.717) is 12.5 Å². The molecule has 0 unspecified atom stereocenters. The highest BCUT2D eigenvalue weighted by atomic mass is 19.3. The van der Waals surface area contributed by atoms with Gasteiger partial charge in [-0.25, -0.2) is 8.78 Å². The number of likely N-dealkylation sites (tertiary alicyclic amines) is 1. The zero-order chi connectivity index (χ0) is 24.3. The predicted octanol–water partition coefficient (Wildman–Crippen LogP) is 4.36. The van der Waals surface area contributed by atoms with E-state index in [9.17, 15) is 13.9 Å². The fourth-order valence-electron chi connectivity index (χ4n) is 5.82. The average Bonchev–Trinajstić information content (AvgIpc) is 3.39. The number of halogens is 2. The number of aliphatic hydroxyl groups is 1. The molecule has 2 aliphatic rings. The van der Waals surface area contributed by atoms with E-state index >= 15 is 0 Å². The summed E-state index contributed by atoms with van der Waals surface area (Å²) in [5, 5.41) is 16.3. The summed E-state index contributed by atoms with van der Waals surface area (Å²) in [7, 11) is 0. The molecular weight excluding hydrogens is 448 g/mol. The number of fused-ring (bicyclic) bond motifs is 4. The summed E-state index contributed by atoms with van der Waals surface area (Å²) in [6.45, 7) is 5.54. The summed E-state index contributed by atoms with van der Waals surface area (Å²) in [5.41, 5.74) is 5.03. The molecule has 0 bridgehead atoms. The van der Waals surface area contributed by atoms with Crippen LogP contribution in [0.25, 0.3) is 21.8 Å². The van der Waals surface area contributed by atoms with Crippen LogP contribution in [0.4, 0.5) is 8.78 Å². The van der Waals surface area contributed by atoms with Gasteiger partial charge in [-0.2, -0.15) is 5.10 Å². The Hall–Kier alpha value is -2.81. The quantitative estimate of drug-likeness (QED) is 0.432. The lowest BCUT2D eigenvalue weighted by atomic mass is 9.88. The number of nitrogens with zero attached hydrogens (tertiary/aromatic N) is 4. The Balaban J connectivity index is 1.44. The number of hydrogen-bond acceptors (Lipinski definition) is 4. The highest BCUT2D eigenvalue weighted by molar-refractivity contribution is 5.86. The van der Waals surface area contributed by atoms with Crippen molar-refractivity contribution in [3.05, 3.63) is 65.5 Å². The molecule has 0 radical (unpaired) electrons. The third-order valence-corrected chi connectivity index (χ3v) is 7.78. The first-order valence-electron chi connectivity index (χ1n) is 12.4.